The first kappa shape index (κ1) is 21.6. The molecule has 0 aliphatic heterocycles. The third-order valence-corrected chi connectivity index (χ3v) is 6.05. The summed E-state index contributed by atoms with van der Waals surface area (Å²) in [5.41, 5.74) is 5.28. The van der Waals surface area contributed by atoms with Gasteiger partial charge in [-0.15, -0.1) is 0 Å². The smallest absolute Gasteiger partial charge is 0.335 e. The number of hydrogen-bond donors (Lipinski definition) is 2. The molecule has 2 aromatic carbocycles. The van der Waals surface area contributed by atoms with Crippen LogP contribution in [0.2, 0.25) is 0 Å². The molecule has 30 heavy (non-hydrogen) atoms. The lowest BCUT2D eigenvalue weighted by Crippen LogP contribution is -2.33. The lowest BCUT2D eigenvalue weighted by atomic mass is 9.63. The van der Waals surface area contributed by atoms with E-state index in [1.807, 2.05) is 6.08 Å². The van der Waals surface area contributed by atoms with Crippen LogP contribution in [0.4, 0.5) is 0 Å². The molecule has 0 saturated heterocycles. The van der Waals surface area contributed by atoms with E-state index in [1.54, 1.807) is 18.2 Å². The molecular formula is C26H28O4. The van der Waals surface area contributed by atoms with Gasteiger partial charge in [-0.05, 0) is 75.8 Å². The number of fused-ring (bicyclic) bond motifs is 1. The van der Waals surface area contributed by atoms with Crippen molar-refractivity contribution in [2.45, 2.75) is 51.4 Å². The molecule has 1 aliphatic rings. The zero-order valence-corrected chi connectivity index (χ0v) is 17.9. The lowest BCUT2D eigenvalue weighted by molar-refractivity contribution is -0.131. The normalized spacial score (nSPS) is 17.5. The van der Waals surface area contributed by atoms with Gasteiger partial charge in [0, 0.05) is 6.08 Å². The maximum atomic E-state index is 11.4. The van der Waals surface area contributed by atoms with Crippen molar-refractivity contribution in [3.8, 4) is 0 Å². The molecule has 3 rings (SSSR count). The van der Waals surface area contributed by atoms with Gasteiger partial charge < -0.3 is 10.2 Å². The summed E-state index contributed by atoms with van der Waals surface area (Å²) in [6.45, 7) is 9.07. The largest absolute Gasteiger partial charge is 0.478 e. The fourth-order valence-electron chi connectivity index (χ4n) is 4.10. The molecule has 0 radical (unpaired) electrons. The Bertz CT molecular complexity index is 1050. The molecule has 0 fully saturated rings. The summed E-state index contributed by atoms with van der Waals surface area (Å²) >= 11 is 0. The first-order valence-electron chi connectivity index (χ1n) is 10.1. The highest BCUT2D eigenvalue weighted by molar-refractivity contribution is 5.94. The van der Waals surface area contributed by atoms with Crippen molar-refractivity contribution >= 4 is 23.6 Å². The van der Waals surface area contributed by atoms with E-state index in [4.69, 9.17) is 5.11 Å². The minimum Gasteiger partial charge on any atom is -0.478 e. The van der Waals surface area contributed by atoms with Gasteiger partial charge >= 0.3 is 11.9 Å². The van der Waals surface area contributed by atoms with E-state index in [2.05, 4.69) is 45.9 Å². The van der Waals surface area contributed by atoms with Crippen molar-refractivity contribution in [1.82, 2.24) is 0 Å². The molecule has 1 aliphatic carbocycles. The van der Waals surface area contributed by atoms with Crippen LogP contribution in [0.25, 0.3) is 11.6 Å². The zero-order chi connectivity index (χ0) is 22.1. The first-order chi connectivity index (χ1) is 14.0. The molecule has 0 atom stereocenters. The summed E-state index contributed by atoms with van der Waals surface area (Å²) in [5.74, 6) is -2.07. The molecule has 0 bridgehead atoms. The van der Waals surface area contributed by atoms with E-state index in [9.17, 15) is 14.7 Å². The number of carboxylic acids is 2. The lowest BCUT2D eigenvalue weighted by Gasteiger charge is -2.42. The second-order valence-corrected chi connectivity index (χ2v) is 9.23. The maximum Gasteiger partial charge on any atom is 0.335 e. The van der Waals surface area contributed by atoms with Gasteiger partial charge in [0.2, 0.25) is 0 Å². The number of allylic oxidation sites excluding steroid dienone is 2. The predicted molar refractivity (Wildman–Crippen MR) is 120 cm³/mol. The number of carboxylic acid groups (broad SMARTS) is 2. The molecule has 4 heteroatoms. The zero-order valence-electron chi connectivity index (χ0n) is 17.9. The fraction of sp³-hybridized carbons (Fsp3) is 0.308. The average Bonchev–Trinajstić information content (AvgIpc) is 2.68. The number of rotatable bonds is 5. The number of aliphatic carboxylic acids is 1. The van der Waals surface area contributed by atoms with Crippen LogP contribution < -0.4 is 0 Å². The Morgan fingerprint density at radius 1 is 0.833 bits per heavy atom. The number of aromatic carboxylic acids is 1. The summed E-state index contributed by atoms with van der Waals surface area (Å²) in [7, 11) is 0. The minimum atomic E-state index is -1.05. The first-order valence-corrected chi connectivity index (χ1v) is 10.1. The molecule has 0 unspecified atom stereocenters. The summed E-state index contributed by atoms with van der Waals surface area (Å²) in [5, 5.41) is 18.4. The van der Waals surface area contributed by atoms with E-state index in [1.165, 1.54) is 23.3 Å². The van der Waals surface area contributed by atoms with Crippen LogP contribution in [-0.2, 0) is 15.6 Å². The van der Waals surface area contributed by atoms with E-state index >= 15 is 0 Å². The number of benzene rings is 2. The van der Waals surface area contributed by atoms with Gasteiger partial charge in [-0.3, -0.25) is 0 Å². The van der Waals surface area contributed by atoms with Crippen LogP contribution >= 0.6 is 0 Å². The quantitative estimate of drug-likeness (QED) is 0.369. The van der Waals surface area contributed by atoms with Crippen molar-refractivity contribution in [3.05, 3.63) is 82.4 Å². The van der Waals surface area contributed by atoms with Gasteiger partial charge in [0.25, 0.3) is 0 Å². The molecule has 0 aromatic heterocycles. The van der Waals surface area contributed by atoms with Crippen molar-refractivity contribution in [1.29, 1.82) is 0 Å². The molecule has 0 saturated carbocycles. The standard InChI is InChI=1S/C26H28O4/c1-25(2)12-13-26(3,4)22-15-17(8-10-21(22)25)14-19(9-11-23(27)28)18-6-5-7-20(16-18)24(29)30/h5-11,14-16H,12-13H2,1-4H3,(H,27,28)(H,29,30)/b11-9?,19-14-. The molecule has 0 amide bonds. The summed E-state index contributed by atoms with van der Waals surface area (Å²) in [6, 6.07) is 13.0. The minimum absolute atomic E-state index is 0.0645. The van der Waals surface area contributed by atoms with Gasteiger partial charge in [-0.1, -0.05) is 58.0 Å². The highest BCUT2D eigenvalue weighted by Gasteiger charge is 2.36. The number of hydrogen-bond acceptors (Lipinski definition) is 2. The monoisotopic (exact) mass is 404 g/mol. The molecule has 2 N–H and O–H groups in total. The van der Waals surface area contributed by atoms with Crippen LogP contribution in [0, 0.1) is 0 Å². The van der Waals surface area contributed by atoms with Crippen molar-refractivity contribution in [2.75, 3.05) is 0 Å². The van der Waals surface area contributed by atoms with Crippen LogP contribution in [0.1, 0.15) is 73.1 Å². The summed E-state index contributed by atoms with van der Waals surface area (Å²) in [4.78, 5) is 22.5. The molecule has 156 valence electrons. The van der Waals surface area contributed by atoms with Crippen LogP contribution in [-0.4, -0.2) is 22.2 Å². The third kappa shape index (κ3) is 4.54. The van der Waals surface area contributed by atoms with E-state index in [0.29, 0.717) is 11.1 Å². The fourth-order valence-corrected chi connectivity index (χ4v) is 4.10. The molecule has 2 aromatic rings. The van der Waals surface area contributed by atoms with Gasteiger partial charge in [0.05, 0.1) is 5.56 Å². The van der Waals surface area contributed by atoms with Crippen molar-refractivity contribution in [2.24, 2.45) is 0 Å². The Kier molecular flexibility index (Phi) is 5.71. The molecular weight excluding hydrogens is 376 g/mol. The highest BCUT2D eigenvalue weighted by Crippen LogP contribution is 2.46. The SMILES string of the molecule is CC1(C)CCC(C)(C)c2cc(/C=C(/C=CC(=O)O)c3cccc(C(=O)O)c3)ccc21. The topological polar surface area (TPSA) is 74.6 Å². The maximum absolute atomic E-state index is 11.4. The Hall–Kier alpha value is -3.14. The molecule has 0 heterocycles. The second kappa shape index (κ2) is 7.94. The van der Waals surface area contributed by atoms with E-state index in [-0.39, 0.29) is 16.4 Å². The third-order valence-electron chi connectivity index (χ3n) is 6.05. The molecule has 4 nitrogen and oxygen atoms in total. The predicted octanol–water partition coefficient (Wildman–Crippen LogP) is 5.92. The van der Waals surface area contributed by atoms with E-state index in [0.717, 1.165) is 24.5 Å². The van der Waals surface area contributed by atoms with Crippen molar-refractivity contribution < 1.29 is 19.8 Å². The Labute approximate surface area is 177 Å². The Balaban J connectivity index is 2.13. The Morgan fingerprint density at radius 2 is 1.47 bits per heavy atom. The average molecular weight is 405 g/mol. The van der Waals surface area contributed by atoms with E-state index < -0.39 is 11.9 Å². The highest BCUT2D eigenvalue weighted by atomic mass is 16.4. The van der Waals surface area contributed by atoms with Gasteiger partial charge in [-0.25, -0.2) is 9.59 Å². The summed E-state index contributed by atoms with van der Waals surface area (Å²) in [6.07, 6.45) is 6.74. The molecule has 0 spiro atoms. The van der Waals surface area contributed by atoms with Gasteiger partial charge in [-0.2, -0.15) is 0 Å². The van der Waals surface area contributed by atoms with Crippen LogP contribution in [0.5, 0.6) is 0 Å². The van der Waals surface area contributed by atoms with Crippen LogP contribution in [0.3, 0.4) is 0 Å². The van der Waals surface area contributed by atoms with Crippen molar-refractivity contribution in [3.63, 3.8) is 0 Å². The second-order valence-electron chi connectivity index (χ2n) is 9.23. The van der Waals surface area contributed by atoms with Gasteiger partial charge in [0.1, 0.15) is 0 Å². The number of carbonyl (C=O) groups is 2. The Morgan fingerprint density at radius 3 is 2.10 bits per heavy atom. The summed E-state index contributed by atoms with van der Waals surface area (Å²) < 4.78 is 0. The van der Waals surface area contributed by atoms with Gasteiger partial charge in [0.15, 0.2) is 0 Å². The van der Waals surface area contributed by atoms with Crippen LogP contribution in [0.15, 0.2) is 54.6 Å².